The average molecular weight is 316 g/mol. The second-order valence-corrected chi connectivity index (χ2v) is 6.17. The van der Waals surface area contributed by atoms with Crippen molar-refractivity contribution in [3.8, 4) is 0 Å². The maximum atomic E-state index is 3.48. The van der Waals surface area contributed by atoms with E-state index in [2.05, 4.69) is 75.4 Å². The standard InChI is InChI=1S/C17H18BrN/c18-17-8-6-14(7-9-17)12-19-11-10-16(13-19)15-4-2-1-3-5-15/h1-9,16H,10-13H2. The van der Waals surface area contributed by atoms with E-state index >= 15 is 0 Å². The Morgan fingerprint density at radius 1 is 1.00 bits per heavy atom. The van der Waals surface area contributed by atoms with E-state index in [-0.39, 0.29) is 0 Å². The van der Waals surface area contributed by atoms with Gasteiger partial charge < -0.3 is 0 Å². The zero-order valence-electron chi connectivity index (χ0n) is 10.9. The van der Waals surface area contributed by atoms with E-state index < -0.39 is 0 Å². The molecule has 0 N–H and O–H groups in total. The molecule has 1 aliphatic rings. The topological polar surface area (TPSA) is 3.24 Å². The molecule has 19 heavy (non-hydrogen) atoms. The van der Waals surface area contributed by atoms with E-state index in [1.54, 1.807) is 0 Å². The van der Waals surface area contributed by atoms with Crippen molar-refractivity contribution in [1.82, 2.24) is 4.90 Å². The van der Waals surface area contributed by atoms with Crippen molar-refractivity contribution in [1.29, 1.82) is 0 Å². The van der Waals surface area contributed by atoms with Crippen LogP contribution in [0.3, 0.4) is 0 Å². The molecule has 98 valence electrons. The van der Waals surface area contributed by atoms with E-state index in [1.807, 2.05) is 0 Å². The van der Waals surface area contributed by atoms with Gasteiger partial charge in [-0.15, -0.1) is 0 Å². The first kappa shape index (κ1) is 12.9. The highest BCUT2D eigenvalue weighted by atomic mass is 79.9. The molecule has 0 bridgehead atoms. The normalized spacial score (nSPS) is 19.7. The Morgan fingerprint density at radius 3 is 2.47 bits per heavy atom. The lowest BCUT2D eigenvalue weighted by Crippen LogP contribution is -2.19. The predicted molar refractivity (Wildman–Crippen MR) is 83.2 cm³/mol. The monoisotopic (exact) mass is 315 g/mol. The summed E-state index contributed by atoms with van der Waals surface area (Å²) in [6, 6.07) is 19.6. The molecule has 0 spiro atoms. The molecule has 1 nitrogen and oxygen atoms in total. The smallest absolute Gasteiger partial charge is 0.0233 e. The van der Waals surface area contributed by atoms with Gasteiger partial charge in [0.1, 0.15) is 0 Å². The fraction of sp³-hybridized carbons (Fsp3) is 0.294. The summed E-state index contributed by atoms with van der Waals surface area (Å²) < 4.78 is 1.15. The third kappa shape index (κ3) is 3.26. The molecule has 1 heterocycles. The van der Waals surface area contributed by atoms with E-state index in [4.69, 9.17) is 0 Å². The van der Waals surface area contributed by atoms with Crippen molar-refractivity contribution < 1.29 is 0 Å². The van der Waals surface area contributed by atoms with Gasteiger partial charge in [-0.25, -0.2) is 0 Å². The Bertz CT molecular complexity index is 521. The van der Waals surface area contributed by atoms with Crippen LogP contribution in [0.2, 0.25) is 0 Å². The first-order valence-corrected chi connectivity index (χ1v) is 7.62. The molecule has 1 saturated heterocycles. The highest BCUT2D eigenvalue weighted by molar-refractivity contribution is 9.10. The van der Waals surface area contributed by atoms with Gasteiger partial charge in [0.2, 0.25) is 0 Å². The number of nitrogens with zero attached hydrogens (tertiary/aromatic N) is 1. The fourth-order valence-electron chi connectivity index (χ4n) is 2.82. The second-order valence-electron chi connectivity index (χ2n) is 5.26. The summed E-state index contributed by atoms with van der Waals surface area (Å²) in [7, 11) is 0. The molecule has 0 aliphatic carbocycles. The molecular weight excluding hydrogens is 298 g/mol. The first-order chi connectivity index (χ1) is 9.31. The van der Waals surface area contributed by atoms with Gasteiger partial charge in [-0.05, 0) is 42.1 Å². The van der Waals surface area contributed by atoms with E-state index in [0.717, 1.165) is 11.0 Å². The number of halogens is 1. The summed E-state index contributed by atoms with van der Waals surface area (Å²) >= 11 is 3.48. The van der Waals surface area contributed by atoms with E-state index in [9.17, 15) is 0 Å². The van der Waals surface area contributed by atoms with Crippen LogP contribution in [0, 0.1) is 0 Å². The summed E-state index contributed by atoms with van der Waals surface area (Å²) in [4.78, 5) is 2.56. The van der Waals surface area contributed by atoms with Crippen molar-refractivity contribution in [2.24, 2.45) is 0 Å². The summed E-state index contributed by atoms with van der Waals surface area (Å²) in [6.45, 7) is 3.45. The highest BCUT2D eigenvalue weighted by Crippen LogP contribution is 2.28. The molecule has 0 amide bonds. The summed E-state index contributed by atoms with van der Waals surface area (Å²) in [5, 5.41) is 0. The predicted octanol–water partition coefficient (Wildman–Crippen LogP) is 4.44. The molecule has 0 radical (unpaired) electrons. The van der Waals surface area contributed by atoms with Gasteiger partial charge in [0.15, 0.2) is 0 Å². The molecule has 2 aromatic carbocycles. The molecular formula is C17H18BrN. The van der Waals surface area contributed by atoms with Gasteiger partial charge in [-0.3, -0.25) is 4.90 Å². The van der Waals surface area contributed by atoms with Crippen LogP contribution >= 0.6 is 15.9 Å². The van der Waals surface area contributed by atoms with Crippen molar-refractivity contribution in [2.45, 2.75) is 18.9 Å². The number of benzene rings is 2. The van der Waals surface area contributed by atoms with Crippen molar-refractivity contribution in [2.75, 3.05) is 13.1 Å². The minimum absolute atomic E-state index is 0.705. The molecule has 0 saturated carbocycles. The molecule has 2 aromatic rings. The number of rotatable bonds is 3. The quantitative estimate of drug-likeness (QED) is 0.809. The third-order valence-electron chi connectivity index (χ3n) is 3.86. The van der Waals surface area contributed by atoms with Crippen molar-refractivity contribution in [3.63, 3.8) is 0 Å². The molecule has 2 heteroatoms. The maximum absolute atomic E-state index is 3.48. The highest BCUT2D eigenvalue weighted by Gasteiger charge is 2.23. The van der Waals surface area contributed by atoms with Crippen LogP contribution in [0.5, 0.6) is 0 Å². The molecule has 0 aromatic heterocycles. The molecule has 1 unspecified atom stereocenters. The second kappa shape index (κ2) is 5.89. The lowest BCUT2D eigenvalue weighted by molar-refractivity contribution is 0.327. The van der Waals surface area contributed by atoms with Crippen molar-refractivity contribution in [3.05, 3.63) is 70.2 Å². The number of hydrogen-bond acceptors (Lipinski definition) is 1. The largest absolute Gasteiger partial charge is 0.298 e. The Kier molecular flexibility index (Phi) is 4.00. The number of hydrogen-bond donors (Lipinski definition) is 0. The Balaban J connectivity index is 1.62. The van der Waals surface area contributed by atoms with E-state index in [0.29, 0.717) is 5.92 Å². The van der Waals surface area contributed by atoms with E-state index in [1.165, 1.54) is 30.6 Å². The molecule has 1 aliphatic heterocycles. The molecule has 1 fully saturated rings. The number of likely N-dealkylation sites (tertiary alicyclic amines) is 1. The maximum Gasteiger partial charge on any atom is 0.0233 e. The minimum Gasteiger partial charge on any atom is -0.298 e. The van der Waals surface area contributed by atoms with Crippen LogP contribution in [-0.4, -0.2) is 18.0 Å². The minimum atomic E-state index is 0.705. The van der Waals surface area contributed by atoms with Crippen molar-refractivity contribution >= 4 is 15.9 Å². The van der Waals surface area contributed by atoms with Gasteiger partial charge in [0, 0.05) is 17.6 Å². The van der Waals surface area contributed by atoms with Crippen LogP contribution in [0.25, 0.3) is 0 Å². The van der Waals surface area contributed by atoms with Crippen LogP contribution < -0.4 is 0 Å². The Hall–Kier alpha value is -1.12. The molecule has 3 rings (SSSR count). The molecule has 1 atom stereocenters. The fourth-order valence-corrected chi connectivity index (χ4v) is 3.09. The lowest BCUT2D eigenvalue weighted by Gasteiger charge is -2.16. The summed E-state index contributed by atoms with van der Waals surface area (Å²) in [5.74, 6) is 0.705. The van der Waals surface area contributed by atoms with Gasteiger partial charge in [-0.2, -0.15) is 0 Å². The SMILES string of the molecule is Brc1ccc(CN2CCC(c3ccccc3)C2)cc1. The average Bonchev–Trinajstić information content (AvgIpc) is 2.91. The zero-order chi connectivity index (χ0) is 13.1. The lowest BCUT2D eigenvalue weighted by atomic mass is 9.99. The first-order valence-electron chi connectivity index (χ1n) is 6.83. The summed E-state index contributed by atoms with van der Waals surface area (Å²) in [6.07, 6.45) is 1.28. The zero-order valence-corrected chi connectivity index (χ0v) is 12.5. The van der Waals surface area contributed by atoms with Gasteiger partial charge in [0.25, 0.3) is 0 Å². The van der Waals surface area contributed by atoms with Crippen LogP contribution in [0.1, 0.15) is 23.5 Å². The van der Waals surface area contributed by atoms with Gasteiger partial charge in [-0.1, -0.05) is 58.4 Å². The van der Waals surface area contributed by atoms with Crippen LogP contribution in [0.4, 0.5) is 0 Å². The van der Waals surface area contributed by atoms with Gasteiger partial charge >= 0.3 is 0 Å². The van der Waals surface area contributed by atoms with Gasteiger partial charge in [0.05, 0.1) is 0 Å². The third-order valence-corrected chi connectivity index (χ3v) is 4.39. The van der Waals surface area contributed by atoms with Crippen LogP contribution in [0.15, 0.2) is 59.1 Å². The van der Waals surface area contributed by atoms with Crippen LogP contribution in [-0.2, 0) is 6.54 Å². The Morgan fingerprint density at radius 2 is 1.74 bits per heavy atom. The summed E-state index contributed by atoms with van der Waals surface area (Å²) in [5.41, 5.74) is 2.89. The Labute approximate surface area is 123 Å².